The molecule has 3 rings (SSSR count). The molecule has 2 amide bonds. The van der Waals surface area contributed by atoms with Crippen LogP contribution in [0.4, 0.5) is 5.13 Å². The monoisotopic (exact) mass is 410 g/mol. The molecule has 0 unspecified atom stereocenters. The number of ether oxygens (including phenoxy) is 1. The van der Waals surface area contributed by atoms with Gasteiger partial charge in [0.1, 0.15) is 17.6 Å². The van der Waals surface area contributed by atoms with E-state index in [0.717, 1.165) is 5.56 Å². The van der Waals surface area contributed by atoms with Gasteiger partial charge >= 0.3 is 0 Å². The number of hydrogen-bond donors (Lipinski definition) is 2. The number of amides is 2. The molecule has 0 spiro atoms. The van der Waals surface area contributed by atoms with Crippen LogP contribution < -0.4 is 15.4 Å². The van der Waals surface area contributed by atoms with E-state index in [1.54, 1.807) is 36.6 Å². The quantitative estimate of drug-likeness (QED) is 0.589. The molecule has 0 aliphatic carbocycles. The number of rotatable bonds is 8. The zero-order valence-corrected chi connectivity index (χ0v) is 16.4. The Balaban J connectivity index is 1.50. The van der Waals surface area contributed by atoms with E-state index in [4.69, 9.17) is 14.4 Å². The molecule has 0 saturated carbocycles. The second-order valence-corrected chi connectivity index (χ2v) is 6.89. The molecule has 0 fully saturated rings. The predicted octanol–water partition coefficient (Wildman–Crippen LogP) is 3.06. The molecule has 2 N–H and O–H groups in total. The van der Waals surface area contributed by atoms with Gasteiger partial charge in [0.2, 0.25) is 5.91 Å². The molecule has 0 radical (unpaired) electrons. The fraction of sp³-hybridized carbons (Fsp3) is 0.200. The molecule has 0 bridgehead atoms. The van der Waals surface area contributed by atoms with Gasteiger partial charge in [-0.25, -0.2) is 4.98 Å². The smallest absolute Gasteiger partial charge is 0.260 e. The lowest BCUT2D eigenvalue weighted by atomic mass is 10.2. The molecule has 8 nitrogen and oxygen atoms in total. The number of nitrogens with one attached hydrogen (secondary N) is 2. The van der Waals surface area contributed by atoms with E-state index in [1.165, 1.54) is 17.6 Å². The largest absolute Gasteiger partial charge is 0.479 e. The lowest BCUT2D eigenvalue weighted by molar-refractivity contribution is -0.120. The van der Waals surface area contributed by atoms with Crippen LogP contribution in [0.2, 0.25) is 0 Å². The topological polar surface area (TPSA) is 117 Å². The normalized spacial score (nSPS) is 10.2. The van der Waals surface area contributed by atoms with Crippen molar-refractivity contribution in [2.45, 2.75) is 19.9 Å². The molecule has 9 heteroatoms. The molecule has 0 aliphatic rings. The van der Waals surface area contributed by atoms with Gasteiger partial charge in [0.05, 0.1) is 23.9 Å². The van der Waals surface area contributed by atoms with Crippen molar-refractivity contribution in [1.29, 1.82) is 5.26 Å². The summed E-state index contributed by atoms with van der Waals surface area (Å²) in [5.74, 6) is 0.606. The molecule has 1 aromatic carbocycles. The lowest BCUT2D eigenvalue weighted by Crippen LogP contribution is -2.24. The Labute approximate surface area is 171 Å². The Hall–Kier alpha value is -3.64. The Bertz CT molecular complexity index is 1050. The van der Waals surface area contributed by atoms with Crippen molar-refractivity contribution in [3.63, 3.8) is 0 Å². The second-order valence-electron chi connectivity index (χ2n) is 6.04. The fourth-order valence-electron chi connectivity index (χ4n) is 2.52. The van der Waals surface area contributed by atoms with Crippen LogP contribution in [0.15, 0.2) is 46.4 Å². The van der Waals surface area contributed by atoms with Gasteiger partial charge in [-0.15, -0.1) is 11.3 Å². The molecule has 0 saturated heterocycles. The van der Waals surface area contributed by atoms with E-state index in [1.807, 2.05) is 12.1 Å². The van der Waals surface area contributed by atoms with Crippen LogP contribution >= 0.6 is 11.3 Å². The molecule has 2 aromatic heterocycles. The van der Waals surface area contributed by atoms with E-state index in [0.29, 0.717) is 34.4 Å². The number of nitrogens with zero attached hydrogens (tertiary/aromatic N) is 2. The van der Waals surface area contributed by atoms with Crippen LogP contribution in [0, 0.1) is 18.3 Å². The summed E-state index contributed by atoms with van der Waals surface area (Å²) >= 11 is 1.25. The Morgan fingerprint density at radius 3 is 2.97 bits per heavy atom. The summed E-state index contributed by atoms with van der Waals surface area (Å²) in [7, 11) is 0. The number of hydrogen-bond acceptors (Lipinski definition) is 7. The highest BCUT2D eigenvalue weighted by Crippen LogP contribution is 2.18. The van der Waals surface area contributed by atoms with Crippen LogP contribution in [0.5, 0.6) is 5.75 Å². The van der Waals surface area contributed by atoms with E-state index < -0.39 is 0 Å². The first-order valence-electron chi connectivity index (χ1n) is 8.70. The number of furan rings is 1. The third kappa shape index (κ3) is 5.67. The Kier molecular flexibility index (Phi) is 6.60. The zero-order valence-electron chi connectivity index (χ0n) is 15.6. The number of aromatic nitrogens is 1. The average Bonchev–Trinajstić information content (AvgIpc) is 3.33. The third-order valence-electron chi connectivity index (χ3n) is 3.91. The second kappa shape index (κ2) is 9.52. The number of benzene rings is 1. The van der Waals surface area contributed by atoms with E-state index >= 15 is 0 Å². The minimum atomic E-state index is -0.305. The Morgan fingerprint density at radius 1 is 1.34 bits per heavy atom. The lowest BCUT2D eigenvalue weighted by Gasteiger charge is -2.07. The number of aryl methyl sites for hydroxylation is 1. The predicted molar refractivity (Wildman–Crippen MR) is 107 cm³/mol. The van der Waals surface area contributed by atoms with Gasteiger partial charge in [-0.2, -0.15) is 5.26 Å². The molecule has 0 aliphatic heterocycles. The van der Waals surface area contributed by atoms with E-state index in [9.17, 15) is 9.59 Å². The standard InChI is InChI=1S/C20H18N4O4S/c1-13-17(5-7-27-13)19(26)24-20-23-15(12-29-20)10-18(25)22-11-14-3-2-4-16(9-14)28-8-6-21/h2-5,7,9,12H,8,10-11H2,1H3,(H,22,25)(H,23,24,26). The molecule has 3 aromatic rings. The molecule has 2 heterocycles. The number of carbonyl (C=O) groups is 2. The van der Waals surface area contributed by atoms with Crippen molar-refractivity contribution in [3.05, 3.63) is 64.6 Å². The van der Waals surface area contributed by atoms with Gasteiger partial charge in [0, 0.05) is 11.9 Å². The molecule has 148 valence electrons. The summed E-state index contributed by atoms with van der Waals surface area (Å²) in [6, 6.07) is 10.7. The van der Waals surface area contributed by atoms with Gasteiger partial charge in [-0.05, 0) is 30.7 Å². The van der Waals surface area contributed by atoms with Crippen LogP contribution in [-0.2, 0) is 17.8 Å². The Morgan fingerprint density at radius 2 is 2.21 bits per heavy atom. The van der Waals surface area contributed by atoms with E-state index in [-0.39, 0.29) is 24.8 Å². The summed E-state index contributed by atoms with van der Waals surface area (Å²) in [5.41, 5.74) is 1.87. The van der Waals surface area contributed by atoms with Gasteiger partial charge < -0.3 is 14.5 Å². The fourth-order valence-corrected chi connectivity index (χ4v) is 3.22. The maximum atomic E-state index is 12.2. The first kappa shape index (κ1) is 20.1. The number of nitriles is 1. The minimum absolute atomic E-state index is 0.0291. The summed E-state index contributed by atoms with van der Waals surface area (Å²) in [4.78, 5) is 28.6. The minimum Gasteiger partial charge on any atom is -0.479 e. The van der Waals surface area contributed by atoms with Gasteiger partial charge in [0.15, 0.2) is 11.7 Å². The molecule has 0 atom stereocenters. The summed E-state index contributed by atoms with van der Waals surface area (Å²) < 4.78 is 10.4. The SMILES string of the molecule is Cc1occc1C(=O)Nc1nc(CC(=O)NCc2cccc(OCC#N)c2)cs1. The average molecular weight is 410 g/mol. The molecular weight excluding hydrogens is 392 g/mol. The zero-order chi connectivity index (χ0) is 20.6. The van der Waals surface area contributed by atoms with Crippen molar-refractivity contribution in [2.24, 2.45) is 0 Å². The first-order valence-corrected chi connectivity index (χ1v) is 9.58. The van der Waals surface area contributed by atoms with Crippen LogP contribution in [0.1, 0.15) is 27.4 Å². The molecule has 29 heavy (non-hydrogen) atoms. The third-order valence-corrected chi connectivity index (χ3v) is 4.72. The van der Waals surface area contributed by atoms with Crippen molar-refractivity contribution < 1.29 is 18.7 Å². The van der Waals surface area contributed by atoms with Crippen LogP contribution in [0.25, 0.3) is 0 Å². The van der Waals surface area contributed by atoms with Gasteiger partial charge in [-0.3, -0.25) is 14.9 Å². The highest BCUT2D eigenvalue weighted by atomic mass is 32.1. The van der Waals surface area contributed by atoms with Crippen LogP contribution in [0.3, 0.4) is 0 Å². The van der Waals surface area contributed by atoms with Crippen molar-refractivity contribution in [1.82, 2.24) is 10.3 Å². The maximum Gasteiger partial charge on any atom is 0.260 e. The van der Waals surface area contributed by atoms with Crippen molar-refractivity contribution in [2.75, 3.05) is 11.9 Å². The molecular formula is C20H18N4O4S. The van der Waals surface area contributed by atoms with Crippen molar-refractivity contribution >= 4 is 28.3 Å². The number of thiazole rings is 1. The highest BCUT2D eigenvalue weighted by molar-refractivity contribution is 7.14. The summed E-state index contributed by atoms with van der Waals surface area (Å²) in [6.45, 7) is 2.01. The van der Waals surface area contributed by atoms with Crippen molar-refractivity contribution in [3.8, 4) is 11.8 Å². The van der Waals surface area contributed by atoms with Gasteiger partial charge in [0.25, 0.3) is 5.91 Å². The number of carbonyl (C=O) groups excluding carboxylic acids is 2. The van der Waals surface area contributed by atoms with Crippen LogP contribution in [-0.4, -0.2) is 23.4 Å². The van der Waals surface area contributed by atoms with Gasteiger partial charge in [-0.1, -0.05) is 12.1 Å². The highest BCUT2D eigenvalue weighted by Gasteiger charge is 2.14. The maximum absolute atomic E-state index is 12.2. The van der Waals surface area contributed by atoms with E-state index in [2.05, 4.69) is 15.6 Å². The summed E-state index contributed by atoms with van der Waals surface area (Å²) in [5, 5.41) is 16.2. The first-order chi connectivity index (χ1) is 14.0. The summed E-state index contributed by atoms with van der Waals surface area (Å²) in [6.07, 6.45) is 1.55. The number of anilines is 1.